The van der Waals surface area contributed by atoms with E-state index in [4.69, 9.17) is 0 Å². The van der Waals surface area contributed by atoms with Crippen LogP contribution in [0, 0.1) is 0 Å². The van der Waals surface area contributed by atoms with Gasteiger partial charge in [-0.25, -0.2) is 4.79 Å². The maximum Gasteiger partial charge on any atom is 0.416 e. The summed E-state index contributed by atoms with van der Waals surface area (Å²) in [5.74, 6) is -0.0827. The zero-order valence-electron chi connectivity index (χ0n) is 10.5. The summed E-state index contributed by atoms with van der Waals surface area (Å²) in [6, 6.07) is 8.75. The number of alkyl halides is 3. The minimum atomic E-state index is -4.49. The zero-order chi connectivity index (χ0) is 15.2. The Hall–Kier alpha value is -2.70. The Morgan fingerprint density at radius 1 is 1.10 bits per heavy atom. The number of nitrogens with one attached hydrogen (secondary N) is 1. The van der Waals surface area contributed by atoms with Gasteiger partial charge in [-0.3, -0.25) is 4.57 Å². The van der Waals surface area contributed by atoms with Gasteiger partial charge in [0.15, 0.2) is 0 Å². The summed E-state index contributed by atoms with van der Waals surface area (Å²) in [6.07, 6.45) is -4.49. The molecule has 3 rings (SSSR count). The average Bonchev–Trinajstić information content (AvgIpc) is 2.72. The fourth-order valence-corrected chi connectivity index (χ4v) is 2.17. The molecular formula is C14H9F3N2O2. The molecule has 0 aliphatic rings. The van der Waals surface area contributed by atoms with Crippen LogP contribution in [0.2, 0.25) is 0 Å². The molecule has 1 aromatic heterocycles. The summed E-state index contributed by atoms with van der Waals surface area (Å²) < 4.78 is 39.4. The second kappa shape index (κ2) is 4.41. The summed E-state index contributed by atoms with van der Waals surface area (Å²) >= 11 is 0. The first kappa shape index (κ1) is 13.3. The number of hydrogen-bond donors (Lipinski definition) is 2. The zero-order valence-corrected chi connectivity index (χ0v) is 10.5. The molecule has 0 spiro atoms. The number of benzene rings is 2. The van der Waals surface area contributed by atoms with Crippen molar-refractivity contribution in [1.82, 2.24) is 9.55 Å². The molecule has 108 valence electrons. The van der Waals surface area contributed by atoms with Gasteiger partial charge in [0, 0.05) is 6.07 Å². The van der Waals surface area contributed by atoms with E-state index in [1.165, 1.54) is 30.3 Å². The van der Waals surface area contributed by atoms with Crippen molar-refractivity contribution in [3.8, 4) is 11.4 Å². The van der Waals surface area contributed by atoms with Crippen LogP contribution in [0.4, 0.5) is 13.2 Å². The Labute approximate surface area is 116 Å². The number of phenolic OH excluding ortho intramolecular Hbond substituents is 1. The molecule has 0 aliphatic heterocycles. The van der Waals surface area contributed by atoms with E-state index in [2.05, 4.69) is 4.98 Å². The highest BCUT2D eigenvalue weighted by molar-refractivity contribution is 5.78. The van der Waals surface area contributed by atoms with Crippen molar-refractivity contribution >= 4 is 11.0 Å². The SMILES string of the molecule is O=c1[nH]c2ccc(C(F)(F)F)cc2n1-c1cccc(O)c1. The van der Waals surface area contributed by atoms with Gasteiger partial charge in [0.25, 0.3) is 0 Å². The molecule has 0 saturated heterocycles. The summed E-state index contributed by atoms with van der Waals surface area (Å²) in [7, 11) is 0. The number of aromatic nitrogens is 2. The number of hydrogen-bond acceptors (Lipinski definition) is 2. The molecule has 0 aliphatic carbocycles. The fraction of sp³-hybridized carbons (Fsp3) is 0.0714. The predicted octanol–water partition coefficient (Wildman–Crippen LogP) is 3.04. The lowest BCUT2D eigenvalue weighted by atomic mass is 10.2. The summed E-state index contributed by atoms with van der Waals surface area (Å²) in [5.41, 5.74) is -0.750. The topological polar surface area (TPSA) is 58.0 Å². The third-order valence-electron chi connectivity index (χ3n) is 3.10. The lowest BCUT2D eigenvalue weighted by molar-refractivity contribution is -0.137. The third-order valence-corrected chi connectivity index (χ3v) is 3.10. The van der Waals surface area contributed by atoms with E-state index in [0.717, 1.165) is 16.7 Å². The average molecular weight is 294 g/mol. The number of phenols is 1. The number of rotatable bonds is 1. The fourth-order valence-electron chi connectivity index (χ4n) is 2.17. The van der Waals surface area contributed by atoms with Crippen molar-refractivity contribution < 1.29 is 18.3 Å². The van der Waals surface area contributed by atoms with Gasteiger partial charge in [-0.2, -0.15) is 13.2 Å². The molecule has 2 N–H and O–H groups in total. The molecule has 3 aromatic rings. The Bertz CT molecular complexity index is 878. The number of H-pyrrole nitrogens is 1. The number of aromatic hydroxyl groups is 1. The van der Waals surface area contributed by atoms with E-state index < -0.39 is 17.4 Å². The normalized spacial score (nSPS) is 12.0. The summed E-state index contributed by atoms with van der Waals surface area (Å²) in [5, 5.41) is 9.45. The van der Waals surface area contributed by atoms with Crippen LogP contribution in [-0.4, -0.2) is 14.7 Å². The molecule has 2 aromatic carbocycles. The first-order valence-electron chi connectivity index (χ1n) is 5.97. The molecule has 0 fully saturated rings. The van der Waals surface area contributed by atoms with Crippen LogP contribution in [-0.2, 0) is 6.18 Å². The monoisotopic (exact) mass is 294 g/mol. The van der Waals surface area contributed by atoms with E-state index in [9.17, 15) is 23.1 Å². The molecule has 0 radical (unpaired) electrons. The lowest BCUT2D eigenvalue weighted by Gasteiger charge is -2.08. The minimum Gasteiger partial charge on any atom is -0.508 e. The molecule has 0 atom stereocenters. The molecular weight excluding hydrogens is 285 g/mol. The molecule has 0 unspecified atom stereocenters. The Balaban J connectivity index is 2.32. The van der Waals surface area contributed by atoms with Crippen LogP contribution in [0.5, 0.6) is 5.75 Å². The largest absolute Gasteiger partial charge is 0.508 e. The molecule has 21 heavy (non-hydrogen) atoms. The smallest absolute Gasteiger partial charge is 0.416 e. The van der Waals surface area contributed by atoms with Crippen molar-refractivity contribution in [2.24, 2.45) is 0 Å². The molecule has 0 amide bonds. The highest BCUT2D eigenvalue weighted by atomic mass is 19.4. The van der Waals surface area contributed by atoms with Gasteiger partial charge < -0.3 is 10.1 Å². The summed E-state index contributed by atoms with van der Waals surface area (Å²) in [4.78, 5) is 14.4. The number of halogens is 3. The Morgan fingerprint density at radius 2 is 1.86 bits per heavy atom. The van der Waals surface area contributed by atoms with E-state index in [1.54, 1.807) is 0 Å². The quantitative estimate of drug-likeness (QED) is 0.724. The lowest BCUT2D eigenvalue weighted by Crippen LogP contribution is -2.14. The van der Waals surface area contributed by atoms with Crippen molar-refractivity contribution in [1.29, 1.82) is 0 Å². The van der Waals surface area contributed by atoms with Crippen LogP contribution in [0.1, 0.15) is 5.56 Å². The molecule has 7 heteroatoms. The van der Waals surface area contributed by atoms with Crippen molar-refractivity contribution in [2.45, 2.75) is 6.18 Å². The predicted molar refractivity (Wildman–Crippen MR) is 70.6 cm³/mol. The minimum absolute atomic E-state index is 0.0827. The molecule has 4 nitrogen and oxygen atoms in total. The first-order valence-corrected chi connectivity index (χ1v) is 5.97. The van der Waals surface area contributed by atoms with Crippen molar-refractivity contribution in [3.05, 3.63) is 58.5 Å². The highest BCUT2D eigenvalue weighted by Crippen LogP contribution is 2.31. The van der Waals surface area contributed by atoms with Gasteiger partial charge in [0.05, 0.1) is 22.3 Å². The van der Waals surface area contributed by atoms with Gasteiger partial charge in [0.1, 0.15) is 5.75 Å². The summed E-state index contributed by atoms with van der Waals surface area (Å²) in [6.45, 7) is 0. The Morgan fingerprint density at radius 3 is 2.52 bits per heavy atom. The number of imidazole rings is 1. The second-order valence-corrected chi connectivity index (χ2v) is 4.52. The van der Waals surface area contributed by atoms with Gasteiger partial charge in [-0.05, 0) is 30.3 Å². The molecule has 1 heterocycles. The highest BCUT2D eigenvalue weighted by Gasteiger charge is 2.31. The maximum atomic E-state index is 12.8. The maximum absolute atomic E-state index is 12.8. The van der Waals surface area contributed by atoms with Gasteiger partial charge in [0.2, 0.25) is 0 Å². The third kappa shape index (κ3) is 2.26. The van der Waals surface area contributed by atoms with Crippen LogP contribution < -0.4 is 5.69 Å². The number of fused-ring (bicyclic) bond motifs is 1. The van der Waals surface area contributed by atoms with E-state index in [1.807, 2.05) is 0 Å². The van der Waals surface area contributed by atoms with Crippen LogP contribution >= 0.6 is 0 Å². The van der Waals surface area contributed by atoms with Crippen molar-refractivity contribution in [2.75, 3.05) is 0 Å². The standard InChI is InChI=1S/C14H9F3N2O2/c15-14(16,17)8-4-5-11-12(6-8)19(13(21)18-11)9-2-1-3-10(20)7-9/h1-7,20H,(H,18,21). The van der Waals surface area contributed by atoms with E-state index in [-0.39, 0.29) is 22.5 Å². The number of nitrogens with zero attached hydrogens (tertiary/aromatic N) is 1. The van der Waals surface area contributed by atoms with E-state index in [0.29, 0.717) is 0 Å². The van der Waals surface area contributed by atoms with Gasteiger partial charge in [-0.1, -0.05) is 6.07 Å². The van der Waals surface area contributed by atoms with Gasteiger partial charge in [-0.15, -0.1) is 0 Å². The van der Waals surface area contributed by atoms with Crippen LogP contribution in [0.3, 0.4) is 0 Å². The van der Waals surface area contributed by atoms with Crippen LogP contribution in [0.25, 0.3) is 16.7 Å². The second-order valence-electron chi connectivity index (χ2n) is 4.52. The van der Waals surface area contributed by atoms with E-state index >= 15 is 0 Å². The molecule has 0 saturated carbocycles. The number of aromatic amines is 1. The molecule has 0 bridgehead atoms. The van der Waals surface area contributed by atoms with Crippen LogP contribution in [0.15, 0.2) is 47.3 Å². The first-order chi connectivity index (χ1) is 9.86. The van der Waals surface area contributed by atoms with Gasteiger partial charge >= 0.3 is 11.9 Å². The Kier molecular flexibility index (Phi) is 2.79. The van der Waals surface area contributed by atoms with Crippen molar-refractivity contribution in [3.63, 3.8) is 0 Å².